The smallest absolute Gasteiger partial charge is 0.0351 e. The van der Waals surface area contributed by atoms with Crippen molar-refractivity contribution in [2.24, 2.45) is 0 Å². The van der Waals surface area contributed by atoms with Crippen molar-refractivity contribution in [3.63, 3.8) is 0 Å². The van der Waals surface area contributed by atoms with Gasteiger partial charge in [-0.3, -0.25) is 4.90 Å². The fraction of sp³-hybridized carbons (Fsp3) is 0.600. The Balaban J connectivity index is 2.16. The van der Waals surface area contributed by atoms with Crippen LogP contribution in [0.4, 0.5) is 0 Å². The van der Waals surface area contributed by atoms with Crippen molar-refractivity contribution in [2.45, 2.75) is 52.1 Å². The second kappa shape index (κ2) is 5.01. The maximum atomic E-state index is 2.63. The highest BCUT2D eigenvalue weighted by molar-refractivity contribution is 5.25. The molecule has 1 aliphatic rings. The Hall–Kier alpha value is -0.820. The monoisotopic (exact) mass is 217 g/mol. The van der Waals surface area contributed by atoms with E-state index in [1.165, 1.54) is 30.5 Å². The molecule has 0 radical (unpaired) electrons. The molecule has 2 rings (SSSR count). The Morgan fingerprint density at radius 3 is 2.50 bits per heavy atom. The molecule has 0 saturated carbocycles. The Morgan fingerprint density at radius 1 is 1.25 bits per heavy atom. The van der Waals surface area contributed by atoms with Crippen LogP contribution in [-0.4, -0.2) is 17.5 Å². The summed E-state index contributed by atoms with van der Waals surface area (Å²) in [6, 6.07) is 10.5. The van der Waals surface area contributed by atoms with Gasteiger partial charge < -0.3 is 0 Å². The third kappa shape index (κ3) is 2.30. The quantitative estimate of drug-likeness (QED) is 0.744. The fourth-order valence-corrected chi connectivity index (χ4v) is 2.74. The van der Waals surface area contributed by atoms with E-state index in [0.29, 0.717) is 12.1 Å². The van der Waals surface area contributed by atoms with Gasteiger partial charge in [-0.15, -0.1) is 0 Å². The molecule has 0 N–H and O–H groups in total. The maximum Gasteiger partial charge on any atom is 0.0351 e. The highest BCUT2D eigenvalue weighted by Gasteiger charge is 2.27. The molecule has 1 fully saturated rings. The molecule has 1 aromatic carbocycles. The Kier molecular flexibility index (Phi) is 3.65. The number of nitrogens with zero attached hydrogens (tertiary/aromatic N) is 1. The van der Waals surface area contributed by atoms with Gasteiger partial charge in [0.15, 0.2) is 0 Å². The lowest BCUT2D eigenvalue weighted by Crippen LogP contribution is -2.30. The van der Waals surface area contributed by atoms with E-state index in [1.807, 2.05) is 0 Å². The summed E-state index contributed by atoms with van der Waals surface area (Å²) in [6.07, 6.45) is 3.81. The third-order valence-corrected chi connectivity index (χ3v) is 3.73. The number of benzene rings is 1. The summed E-state index contributed by atoms with van der Waals surface area (Å²) >= 11 is 0. The van der Waals surface area contributed by atoms with E-state index in [0.717, 1.165) is 6.42 Å². The zero-order valence-electron chi connectivity index (χ0n) is 10.7. The van der Waals surface area contributed by atoms with Gasteiger partial charge in [0.1, 0.15) is 0 Å². The molecular formula is C15H23N. The summed E-state index contributed by atoms with van der Waals surface area (Å²) in [6.45, 7) is 8.08. The van der Waals surface area contributed by atoms with Crippen molar-refractivity contribution in [3.05, 3.63) is 35.4 Å². The van der Waals surface area contributed by atoms with Gasteiger partial charge in [0.05, 0.1) is 0 Å². The zero-order valence-corrected chi connectivity index (χ0v) is 10.7. The van der Waals surface area contributed by atoms with Gasteiger partial charge in [-0.05, 0) is 50.8 Å². The number of rotatable bonds is 3. The molecule has 1 aromatic rings. The van der Waals surface area contributed by atoms with E-state index in [4.69, 9.17) is 0 Å². The van der Waals surface area contributed by atoms with Gasteiger partial charge in [-0.25, -0.2) is 0 Å². The average molecular weight is 217 g/mol. The summed E-state index contributed by atoms with van der Waals surface area (Å²) in [5, 5.41) is 0. The number of likely N-dealkylation sites (tertiary alicyclic amines) is 1. The Bertz CT molecular complexity index is 326. The number of hydrogen-bond acceptors (Lipinski definition) is 1. The molecule has 1 heteroatoms. The minimum atomic E-state index is 0.658. The highest BCUT2D eigenvalue weighted by Crippen LogP contribution is 2.33. The molecule has 88 valence electrons. The predicted octanol–water partition coefficient (Wildman–Crippen LogP) is 3.79. The summed E-state index contributed by atoms with van der Waals surface area (Å²) in [4.78, 5) is 2.63. The van der Waals surface area contributed by atoms with Crippen LogP contribution in [0.25, 0.3) is 0 Å². The lowest BCUT2D eigenvalue weighted by atomic mass is 10.0. The topological polar surface area (TPSA) is 3.24 Å². The van der Waals surface area contributed by atoms with E-state index in [-0.39, 0.29) is 0 Å². The molecule has 0 amide bonds. The summed E-state index contributed by atoms with van der Waals surface area (Å²) in [7, 11) is 0. The van der Waals surface area contributed by atoms with Crippen molar-refractivity contribution < 1.29 is 0 Å². The lowest BCUT2D eigenvalue weighted by molar-refractivity contribution is 0.205. The van der Waals surface area contributed by atoms with Crippen molar-refractivity contribution in [2.75, 3.05) is 6.54 Å². The van der Waals surface area contributed by atoms with E-state index >= 15 is 0 Å². The third-order valence-electron chi connectivity index (χ3n) is 3.73. The fourth-order valence-electron chi connectivity index (χ4n) is 2.74. The van der Waals surface area contributed by atoms with Gasteiger partial charge in [0, 0.05) is 12.1 Å². The second-order valence-electron chi connectivity index (χ2n) is 5.08. The van der Waals surface area contributed by atoms with Crippen molar-refractivity contribution >= 4 is 0 Å². The molecular weight excluding hydrogens is 194 g/mol. The SMILES string of the molecule is CCc1ccc([C@H]2CCCN2C(C)C)cc1. The molecule has 0 aliphatic carbocycles. The first kappa shape index (κ1) is 11.7. The maximum absolute atomic E-state index is 2.63. The summed E-state index contributed by atoms with van der Waals surface area (Å²) in [5.74, 6) is 0. The van der Waals surface area contributed by atoms with Crippen molar-refractivity contribution in [3.8, 4) is 0 Å². The molecule has 0 bridgehead atoms. The average Bonchev–Trinajstić information content (AvgIpc) is 2.78. The van der Waals surface area contributed by atoms with E-state index in [1.54, 1.807) is 0 Å². The second-order valence-corrected chi connectivity index (χ2v) is 5.08. The molecule has 1 atom stereocenters. The van der Waals surface area contributed by atoms with Crippen molar-refractivity contribution in [1.29, 1.82) is 0 Å². The van der Waals surface area contributed by atoms with Crippen LogP contribution in [0.15, 0.2) is 24.3 Å². The van der Waals surface area contributed by atoms with Gasteiger partial charge in [-0.1, -0.05) is 31.2 Å². The van der Waals surface area contributed by atoms with Gasteiger partial charge in [0.25, 0.3) is 0 Å². The van der Waals surface area contributed by atoms with Crippen molar-refractivity contribution in [1.82, 2.24) is 4.90 Å². The number of aryl methyl sites for hydroxylation is 1. The minimum Gasteiger partial charge on any atom is -0.294 e. The molecule has 1 saturated heterocycles. The van der Waals surface area contributed by atoms with Crippen LogP contribution in [0, 0.1) is 0 Å². The predicted molar refractivity (Wildman–Crippen MR) is 69.6 cm³/mol. The molecule has 0 aromatic heterocycles. The van der Waals surface area contributed by atoms with Crippen LogP contribution in [0.2, 0.25) is 0 Å². The molecule has 1 heterocycles. The standard InChI is InChI=1S/C15H23N/c1-4-13-7-9-14(10-8-13)15-6-5-11-16(15)12(2)3/h7-10,12,15H,4-6,11H2,1-3H3/t15-/m1/s1. The lowest BCUT2D eigenvalue weighted by Gasteiger charge is -2.28. The Morgan fingerprint density at radius 2 is 1.94 bits per heavy atom. The largest absolute Gasteiger partial charge is 0.294 e. The van der Waals surface area contributed by atoms with Crippen LogP contribution in [0.5, 0.6) is 0 Å². The van der Waals surface area contributed by atoms with Gasteiger partial charge >= 0.3 is 0 Å². The molecule has 1 aliphatic heterocycles. The first-order valence-corrected chi connectivity index (χ1v) is 6.57. The first-order chi connectivity index (χ1) is 7.72. The molecule has 1 nitrogen and oxygen atoms in total. The highest BCUT2D eigenvalue weighted by atomic mass is 15.2. The van der Waals surface area contributed by atoms with E-state index in [2.05, 4.69) is 49.9 Å². The molecule has 0 unspecified atom stereocenters. The zero-order chi connectivity index (χ0) is 11.5. The number of hydrogen-bond donors (Lipinski definition) is 0. The van der Waals surface area contributed by atoms with Gasteiger partial charge in [-0.2, -0.15) is 0 Å². The van der Waals surface area contributed by atoms with Crippen LogP contribution in [0.1, 0.15) is 50.8 Å². The summed E-state index contributed by atoms with van der Waals surface area (Å²) < 4.78 is 0. The van der Waals surface area contributed by atoms with Gasteiger partial charge in [0.2, 0.25) is 0 Å². The normalized spacial score (nSPS) is 21.9. The summed E-state index contributed by atoms with van der Waals surface area (Å²) in [5.41, 5.74) is 2.95. The van der Waals surface area contributed by atoms with E-state index in [9.17, 15) is 0 Å². The molecule has 16 heavy (non-hydrogen) atoms. The van der Waals surface area contributed by atoms with Crippen LogP contribution in [-0.2, 0) is 6.42 Å². The Labute approximate surface area is 99.5 Å². The minimum absolute atomic E-state index is 0.658. The van der Waals surface area contributed by atoms with E-state index < -0.39 is 0 Å². The molecule has 0 spiro atoms. The van der Waals surface area contributed by atoms with Crippen LogP contribution >= 0.6 is 0 Å². The first-order valence-electron chi connectivity index (χ1n) is 6.57. The van der Waals surface area contributed by atoms with Crippen LogP contribution < -0.4 is 0 Å². The van der Waals surface area contributed by atoms with Crippen LogP contribution in [0.3, 0.4) is 0 Å².